The molecule has 1 aliphatic carbocycles. The van der Waals surface area contributed by atoms with Crippen molar-refractivity contribution in [3.63, 3.8) is 0 Å². The van der Waals surface area contributed by atoms with Crippen LogP contribution in [0.2, 0.25) is 0 Å². The van der Waals surface area contributed by atoms with Crippen molar-refractivity contribution < 1.29 is 0 Å². The lowest BCUT2D eigenvalue weighted by Crippen LogP contribution is -2.09. The molecule has 0 unspecified atom stereocenters. The highest BCUT2D eigenvalue weighted by atomic mass is 14.2. The van der Waals surface area contributed by atoms with Crippen LogP contribution in [0.1, 0.15) is 63.5 Å². The quantitative estimate of drug-likeness (QED) is 0.657. The topological polar surface area (TPSA) is 0 Å². The fourth-order valence-electron chi connectivity index (χ4n) is 2.83. The van der Waals surface area contributed by atoms with Gasteiger partial charge < -0.3 is 0 Å². The number of hydrogen-bond donors (Lipinski definition) is 0. The molecule has 2 rings (SSSR count). The molecule has 1 aromatic carbocycles. The first-order chi connectivity index (χ1) is 7.54. The van der Waals surface area contributed by atoms with Gasteiger partial charge in [-0.15, -0.1) is 0 Å². The summed E-state index contributed by atoms with van der Waals surface area (Å²) >= 11 is 0. The fraction of sp³-hybridized carbons (Fsp3) is 0.625. The molecule has 88 valence electrons. The van der Waals surface area contributed by atoms with E-state index in [4.69, 9.17) is 0 Å². The van der Waals surface area contributed by atoms with Crippen molar-refractivity contribution in [3.8, 4) is 0 Å². The Morgan fingerprint density at radius 3 is 2.44 bits per heavy atom. The van der Waals surface area contributed by atoms with Crippen LogP contribution in [0.15, 0.2) is 24.3 Å². The van der Waals surface area contributed by atoms with Gasteiger partial charge in [0.15, 0.2) is 0 Å². The minimum atomic E-state index is 0.397. The summed E-state index contributed by atoms with van der Waals surface area (Å²) in [5, 5.41) is 0. The third-order valence-corrected chi connectivity index (χ3v) is 3.51. The predicted octanol–water partition coefficient (Wildman–Crippen LogP) is 4.93. The lowest BCUT2D eigenvalue weighted by molar-refractivity contribution is 0.411. The van der Waals surface area contributed by atoms with Gasteiger partial charge in [0, 0.05) is 0 Å². The molecule has 1 aliphatic rings. The van der Waals surface area contributed by atoms with Gasteiger partial charge in [0.1, 0.15) is 0 Å². The van der Waals surface area contributed by atoms with Gasteiger partial charge >= 0.3 is 0 Å². The molecule has 0 aromatic heterocycles. The monoisotopic (exact) mass is 216 g/mol. The van der Waals surface area contributed by atoms with Crippen molar-refractivity contribution in [2.45, 2.75) is 58.8 Å². The van der Waals surface area contributed by atoms with Crippen LogP contribution in [0, 0.1) is 5.41 Å². The normalized spacial score (nSPS) is 17.9. The highest BCUT2D eigenvalue weighted by Gasteiger charge is 2.18. The van der Waals surface area contributed by atoms with Crippen molar-refractivity contribution >= 4 is 0 Å². The minimum Gasteiger partial charge on any atom is -0.0617 e. The van der Waals surface area contributed by atoms with E-state index >= 15 is 0 Å². The Morgan fingerprint density at radius 2 is 1.81 bits per heavy atom. The Hall–Kier alpha value is -0.780. The van der Waals surface area contributed by atoms with Crippen molar-refractivity contribution in [3.05, 3.63) is 35.4 Å². The van der Waals surface area contributed by atoms with E-state index < -0.39 is 0 Å². The zero-order valence-electron chi connectivity index (χ0n) is 10.9. The van der Waals surface area contributed by atoms with Crippen molar-refractivity contribution in [1.82, 2.24) is 0 Å². The lowest BCUT2D eigenvalue weighted by atomic mass is 9.86. The SMILES string of the molecule is CC(C)(C)Cc1cccc(C2CCCC2)c1. The molecule has 16 heavy (non-hydrogen) atoms. The van der Waals surface area contributed by atoms with Crippen LogP contribution >= 0.6 is 0 Å². The molecule has 0 radical (unpaired) electrons. The van der Waals surface area contributed by atoms with E-state index in [9.17, 15) is 0 Å². The maximum atomic E-state index is 2.45. The summed E-state index contributed by atoms with van der Waals surface area (Å²) < 4.78 is 0. The zero-order valence-corrected chi connectivity index (χ0v) is 10.9. The second kappa shape index (κ2) is 4.61. The molecule has 0 bridgehead atoms. The maximum absolute atomic E-state index is 2.45. The van der Waals surface area contributed by atoms with Gasteiger partial charge in [-0.3, -0.25) is 0 Å². The van der Waals surface area contributed by atoms with Crippen LogP contribution < -0.4 is 0 Å². The maximum Gasteiger partial charge on any atom is -0.0162 e. The van der Waals surface area contributed by atoms with Gasteiger partial charge in [-0.2, -0.15) is 0 Å². The average Bonchev–Trinajstić information content (AvgIpc) is 2.68. The van der Waals surface area contributed by atoms with E-state index in [0.717, 1.165) is 5.92 Å². The summed E-state index contributed by atoms with van der Waals surface area (Å²) in [6.45, 7) is 6.94. The molecule has 0 nitrogen and oxygen atoms in total. The number of rotatable bonds is 2. The molecule has 0 aliphatic heterocycles. The summed E-state index contributed by atoms with van der Waals surface area (Å²) in [6, 6.07) is 9.29. The summed E-state index contributed by atoms with van der Waals surface area (Å²) in [7, 11) is 0. The Kier molecular flexibility index (Phi) is 3.37. The summed E-state index contributed by atoms with van der Waals surface area (Å²) in [4.78, 5) is 0. The van der Waals surface area contributed by atoms with Crippen molar-refractivity contribution in [2.75, 3.05) is 0 Å². The van der Waals surface area contributed by atoms with Gasteiger partial charge in [-0.1, -0.05) is 57.9 Å². The Morgan fingerprint density at radius 1 is 1.12 bits per heavy atom. The van der Waals surface area contributed by atoms with E-state index in [1.807, 2.05) is 0 Å². The van der Waals surface area contributed by atoms with E-state index in [-0.39, 0.29) is 0 Å². The van der Waals surface area contributed by atoms with E-state index in [1.165, 1.54) is 37.7 Å². The number of hydrogen-bond acceptors (Lipinski definition) is 0. The third-order valence-electron chi connectivity index (χ3n) is 3.51. The Balaban J connectivity index is 2.12. The van der Waals surface area contributed by atoms with Gasteiger partial charge in [0.2, 0.25) is 0 Å². The number of benzene rings is 1. The molecule has 0 amide bonds. The lowest BCUT2D eigenvalue weighted by Gasteiger charge is -2.19. The molecule has 0 heterocycles. The molecule has 0 saturated heterocycles. The minimum absolute atomic E-state index is 0.397. The van der Waals surface area contributed by atoms with Crippen LogP contribution in [0.5, 0.6) is 0 Å². The standard InChI is InChI=1S/C16H24/c1-16(2,3)12-13-7-6-10-15(11-13)14-8-4-5-9-14/h6-7,10-11,14H,4-5,8-9,12H2,1-3H3. The smallest absolute Gasteiger partial charge is 0.0162 e. The van der Waals surface area contributed by atoms with Crippen molar-refractivity contribution in [1.29, 1.82) is 0 Å². The van der Waals surface area contributed by atoms with Crippen LogP contribution in [0.25, 0.3) is 0 Å². The largest absolute Gasteiger partial charge is 0.0617 e. The molecular weight excluding hydrogens is 192 g/mol. The molecule has 0 atom stereocenters. The predicted molar refractivity (Wildman–Crippen MR) is 70.8 cm³/mol. The van der Waals surface area contributed by atoms with Crippen LogP contribution in [-0.2, 0) is 6.42 Å². The summed E-state index contributed by atoms with van der Waals surface area (Å²) in [5.74, 6) is 0.847. The zero-order chi connectivity index (χ0) is 11.6. The second-order valence-electron chi connectivity index (χ2n) is 6.46. The summed E-state index contributed by atoms with van der Waals surface area (Å²) in [6.07, 6.45) is 6.84. The van der Waals surface area contributed by atoms with Crippen molar-refractivity contribution in [2.24, 2.45) is 5.41 Å². The molecular formula is C16H24. The Labute approximate surface area is 100 Å². The van der Waals surface area contributed by atoms with Gasteiger partial charge in [0.05, 0.1) is 0 Å². The van der Waals surface area contributed by atoms with Gasteiger partial charge in [0.25, 0.3) is 0 Å². The fourth-order valence-corrected chi connectivity index (χ4v) is 2.83. The van der Waals surface area contributed by atoms with E-state index in [1.54, 1.807) is 5.56 Å². The molecule has 0 N–H and O–H groups in total. The van der Waals surface area contributed by atoms with Crippen LogP contribution in [0.4, 0.5) is 0 Å². The first-order valence-corrected chi connectivity index (χ1v) is 6.63. The van der Waals surface area contributed by atoms with E-state index in [0.29, 0.717) is 5.41 Å². The third kappa shape index (κ3) is 3.10. The van der Waals surface area contributed by atoms with Crippen LogP contribution in [0.3, 0.4) is 0 Å². The highest BCUT2D eigenvalue weighted by molar-refractivity contribution is 5.27. The second-order valence-corrected chi connectivity index (χ2v) is 6.46. The van der Waals surface area contributed by atoms with E-state index in [2.05, 4.69) is 45.0 Å². The first-order valence-electron chi connectivity index (χ1n) is 6.63. The van der Waals surface area contributed by atoms with Gasteiger partial charge in [-0.05, 0) is 41.7 Å². The first kappa shape index (κ1) is 11.7. The molecule has 0 spiro atoms. The molecule has 1 saturated carbocycles. The molecule has 1 aromatic rings. The highest BCUT2D eigenvalue weighted by Crippen LogP contribution is 2.34. The summed E-state index contributed by atoms with van der Waals surface area (Å²) in [5.41, 5.74) is 3.49. The molecule has 1 fully saturated rings. The average molecular weight is 216 g/mol. The molecule has 0 heteroatoms. The Bertz CT molecular complexity index is 337. The van der Waals surface area contributed by atoms with Crippen LogP contribution in [-0.4, -0.2) is 0 Å². The van der Waals surface area contributed by atoms with Gasteiger partial charge in [-0.25, -0.2) is 0 Å².